The monoisotopic (exact) mass is 225 g/mol. The SMILES string of the molecule is COc1cnc2nc(-c3ccccc3)cn2c1. The predicted octanol–water partition coefficient (Wildman–Crippen LogP) is 2.40. The third-order valence-electron chi connectivity index (χ3n) is 2.59. The summed E-state index contributed by atoms with van der Waals surface area (Å²) in [6.07, 6.45) is 5.47. The highest BCUT2D eigenvalue weighted by atomic mass is 16.5. The van der Waals surface area contributed by atoms with Crippen molar-refractivity contribution in [3.8, 4) is 17.0 Å². The molecular weight excluding hydrogens is 214 g/mol. The summed E-state index contributed by atoms with van der Waals surface area (Å²) in [4.78, 5) is 8.68. The summed E-state index contributed by atoms with van der Waals surface area (Å²) < 4.78 is 6.99. The number of imidazole rings is 1. The van der Waals surface area contributed by atoms with Gasteiger partial charge in [-0.15, -0.1) is 0 Å². The summed E-state index contributed by atoms with van der Waals surface area (Å²) in [6, 6.07) is 10.0. The van der Waals surface area contributed by atoms with Gasteiger partial charge in [-0.25, -0.2) is 9.97 Å². The molecule has 0 atom stereocenters. The van der Waals surface area contributed by atoms with Gasteiger partial charge in [0.05, 0.1) is 25.2 Å². The van der Waals surface area contributed by atoms with Gasteiger partial charge in [0.25, 0.3) is 0 Å². The van der Waals surface area contributed by atoms with Crippen LogP contribution in [0.1, 0.15) is 0 Å². The molecule has 0 aliphatic heterocycles. The fraction of sp³-hybridized carbons (Fsp3) is 0.0769. The first-order valence-corrected chi connectivity index (χ1v) is 5.31. The molecule has 0 aliphatic rings. The van der Waals surface area contributed by atoms with E-state index < -0.39 is 0 Å². The Morgan fingerprint density at radius 2 is 1.94 bits per heavy atom. The highest BCUT2D eigenvalue weighted by molar-refractivity contribution is 5.61. The van der Waals surface area contributed by atoms with Crippen molar-refractivity contribution in [1.82, 2.24) is 14.4 Å². The molecule has 1 aromatic carbocycles. The summed E-state index contributed by atoms with van der Waals surface area (Å²) in [5.41, 5.74) is 1.99. The lowest BCUT2D eigenvalue weighted by atomic mass is 10.2. The lowest BCUT2D eigenvalue weighted by molar-refractivity contribution is 0.410. The lowest BCUT2D eigenvalue weighted by Crippen LogP contribution is -1.90. The van der Waals surface area contributed by atoms with E-state index in [-0.39, 0.29) is 0 Å². The number of hydrogen-bond donors (Lipinski definition) is 0. The van der Waals surface area contributed by atoms with Gasteiger partial charge in [0, 0.05) is 11.8 Å². The fourth-order valence-corrected chi connectivity index (χ4v) is 1.72. The van der Waals surface area contributed by atoms with E-state index in [9.17, 15) is 0 Å². The number of fused-ring (bicyclic) bond motifs is 1. The molecule has 4 nitrogen and oxygen atoms in total. The zero-order valence-corrected chi connectivity index (χ0v) is 9.37. The Kier molecular flexibility index (Phi) is 2.26. The number of hydrogen-bond acceptors (Lipinski definition) is 3. The van der Waals surface area contributed by atoms with E-state index >= 15 is 0 Å². The van der Waals surface area contributed by atoms with Crippen LogP contribution in [-0.2, 0) is 0 Å². The quantitative estimate of drug-likeness (QED) is 0.672. The second kappa shape index (κ2) is 3.90. The first-order chi connectivity index (χ1) is 8.36. The molecule has 3 rings (SSSR count). The van der Waals surface area contributed by atoms with Crippen LogP contribution in [0.2, 0.25) is 0 Å². The summed E-state index contributed by atoms with van der Waals surface area (Å²) in [5, 5.41) is 0. The minimum absolute atomic E-state index is 0.671. The van der Waals surface area contributed by atoms with Crippen LogP contribution < -0.4 is 4.74 Å². The fourth-order valence-electron chi connectivity index (χ4n) is 1.72. The van der Waals surface area contributed by atoms with Gasteiger partial charge < -0.3 is 4.74 Å². The van der Waals surface area contributed by atoms with E-state index in [1.807, 2.05) is 47.1 Å². The summed E-state index contributed by atoms with van der Waals surface area (Å²) >= 11 is 0. The Hall–Kier alpha value is -2.36. The molecule has 4 heteroatoms. The van der Waals surface area contributed by atoms with Gasteiger partial charge in [0.15, 0.2) is 5.75 Å². The molecule has 0 aliphatic carbocycles. The van der Waals surface area contributed by atoms with Crippen molar-refractivity contribution in [1.29, 1.82) is 0 Å². The predicted molar refractivity (Wildman–Crippen MR) is 65.0 cm³/mol. The van der Waals surface area contributed by atoms with E-state index in [0.29, 0.717) is 5.78 Å². The molecule has 0 saturated heterocycles. The van der Waals surface area contributed by atoms with Gasteiger partial charge in [0.1, 0.15) is 0 Å². The summed E-state index contributed by atoms with van der Waals surface area (Å²) in [7, 11) is 1.62. The van der Waals surface area contributed by atoms with E-state index in [0.717, 1.165) is 17.0 Å². The standard InChI is InChI=1S/C13H11N3O/c1-17-11-7-14-13-15-12(9-16(13)8-11)10-5-3-2-4-6-10/h2-9H,1H3. The van der Waals surface area contributed by atoms with Crippen LogP contribution in [0.25, 0.3) is 17.0 Å². The second-order valence-corrected chi connectivity index (χ2v) is 3.69. The number of methoxy groups -OCH3 is 1. The molecule has 0 bridgehead atoms. The molecule has 84 valence electrons. The largest absolute Gasteiger partial charge is 0.494 e. The normalized spacial score (nSPS) is 10.6. The van der Waals surface area contributed by atoms with Crippen molar-refractivity contribution >= 4 is 5.78 Å². The van der Waals surface area contributed by atoms with Crippen molar-refractivity contribution < 1.29 is 4.74 Å². The molecule has 2 aromatic heterocycles. The first kappa shape index (κ1) is 9.84. The van der Waals surface area contributed by atoms with Gasteiger partial charge in [-0.3, -0.25) is 4.40 Å². The highest BCUT2D eigenvalue weighted by Crippen LogP contribution is 2.19. The van der Waals surface area contributed by atoms with Crippen LogP contribution in [-0.4, -0.2) is 21.5 Å². The molecule has 2 heterocycles. The van der Waals surface area contributed by atoms with Crippen LogP contribution >= 0.6 is 0 Å². The third-order valence-corrected chi connectivity index (χ3v) is 2.59. The molecule has 0 amide bonds. The molecule has 0 N–H and O–H groups in total. The Balaban J connectivity index is 2.14. The Morgan fingerprint density at radius 3 is 2.71 bits per heavy atom. The molecule has 0 unspecified atom stereocenters. The average molecular weight is 225 g/mol. The Bertz CT molecular complexity index is 646. The molecule has 17 heavy (non-hydrogen) atoms. The maximum absolute atomic E-state index is 5.13. The first-order valence-electron chi connectivity index (χ1n) is 5.31. The zero-order valence-electron chi connectivity index (χ0n) is 9.37. The highest BCUT2D eigenvalue weighted by Gasteiger charge is 2.05. The number of ether oxygens (including phenoxy) is 1. The van der Waals surface area contributed by atoms with Crippen molar-refractivity contribution in [2.75, 3.05) is 7.11 Å². The van der Waals surface area contributed by atoms with Crippen LogP contribution in [0.15, 0.2) is 48.9 Å². The molecule has 0 fully saturated rings. The van der Waals surface area contributed by atoms with Crippen molar-refractivity contribution in [3.05, 3.63) is 48.9 Å². The van der Waals surface area contributed by atoms with E-state index in [1.54, 1.807) is 13.3 Å². The van der Waals surface area contributed by atoms with Gasteiger partial charge in [-0.1, -0.05) is 30.3 Å². The second-order valence-electron chi connectivity index (χ2n) is 3.69. The minimum Gasteiger partial charge on any atom is -0.494 e. The topological polar surface area (TPSA) is 39.4 Å². The van der Waals surface area contributed by atoms with Crippen LogP contribution in [0.3, 0.4) is 0 Å². The minimum atomic E-state index is 0.671. The molecule has 0 saturated carbocycles. The Labute approximate surface area is 98.5 Å². The van der Waals surface area contributed by atoms with Gasteiger partial charge in [0.2, 0.25) is 5.78 Å². The van der Waals surface area contributed by atoms with Crippen molar-refractivity contribution in [3.63, 3.8) is 0 Å². The summed E-state index contributed by atoms with van der Waals surface area (Å²) in [6.45, 7) is 0. The molecule has 0 radical (unpaired) electrons. The summed E-state index contributed by atoms with van der Waals surface area (Å²) in [5.74, 6) is 1.39. The van der Waals surface area contributed by atoms with Crippen molar-refractivity contribution in [2.24, 2.45) is 0 Å². The number of benzene rings is 1. The maximum atomic E-state index is 5.13. The van der Waals surface area contributed by atoms with Gasteiger partial charge in [-0.05, 0) is 0 Å². The maximum Gasteiger partial charge on any atom is 0.234 e. The number of rotatable bonds is 2. The van der Waals surface area contributed by atoms with Crippen molar-refractivity contribution in [2.45, 2.75) is 0 Å². The molecule has 0 spiro atoms. The van der Waals surface area contributed by atoms with Gasteiger partial charge >= 0.3 is 0 Å². The van der Waals surface area contributed by atoms with Gasteiger partial charge in [-0.2, -0.15) is 0 Å². The van der Waals surface area contributed by atoms with E-state index in [2.05, 4.69) is 9.97 Å². The lowest BCUT2D eigenvalue weighted by Gasteiger charge is -1.97. The molecular formula is C13H11N3O. The number of aromatic nitrogens is 3. The number of nitrogens with zero attached hydrogens (tertiary/aromatic N) is 3. The van der Waals surface area contributed by atoms with E-state index in [1.165, 1.54) is 0 Å². The smallest absolute Gasteiger partial charge is 0.234 e. The van der Waals surface area contributed by atoms with Crippen LogP contribution in [0.4, 0.5) is 0 Å². The average Bonchev–Trinajstić information content (AvgIpc) is 2.82. The molecule has 3 aromatic rings. The zero-order chi connectivity index (χ0) is 11.7. The Morgan fingerprint density at radius 1 is 1.12 bits per heavy atom. The third kappa shape index (κ3) is 1.73. The van der Waals surface area contributed by atoms with Crippen LogP contribution in [0.5, 0.6) is 5.75 Å². The van der Waals surface area contributed by atoms with E-state index in [4.69, 9.17) is 4.74 Å². The van der Waals surface area contributed by atoms with Crippen LogP contribution in [0, 0.1) is 0 Å².